The maximum Gasteiger partial charge on any atom is 0.356 e. The summed E-state index contributed by atoms with van der Waals surface area (Å²) in [5.41, 5.74) is 2.34. The van der Waals surface area contributed by atoms with Crippen LogP contribution >= 0.6 is 0 Å². The quantitative estimate of drug-likeness (QED) is 0.769. The maximum atomic E-state index is 11.0. The molecule has 1 aromatic heterocycles. The van der Waals surface area contributed by atoms with Gasteiger partial charge >= 0.3 is 5.97 Å². The van der Waals surface area contributed by atoms with Crippen LogP contribution in [-0.2, 0) is 6.42 Å². The van der Waals surface area contributed by atoms with Crippen molar-refractivity contribution in [2.45, 2.75) is 44.9 Å². The Morgan fingerprint density at radius 2 is 2.35 bits per heavy atom. The van der Waals surface area contributed by atoms with Gasteiger partial charge in [0.2, 0.25) is 0 Å². The van der Waals surface area contributed by atoms with Crippen molar-refractivity contribution in [3.05, 3.63) is 17.0 Å². The topological polar surface area (TPSA) is 66.0 Å². The molecule has 1 heterocycles. The highest BCUT2D eigenvalue weighted by Crippen LogP contribution is 2.63. The molecule has 4 nitrogen and oxygen atoms in total. The summed E-state index contributed by atoms with van der Waals surface area (Å²) in [6.07, 6.45) is 6.11. The van der Waals surface area contributed by atoms with Crippen LogP contribution in [0.4, 0.5) is 0 Å². The summed E-state index contributed by atoms with van der Waals surface area (Å²) in [5.74, 6) is 1.18. The van der Waals surface area contributed by atoms with E-state index < -0.39 is 5.97 Å². The largest absolute Gasteiger partial charge is 0.476 e. The third-order valence-corrected chi connectivity index (χ3v) is 4.35. The molecule has 1 saturated carbocycles. The second-order valence-corrected chi connectivity index (χ2v) is 5.32. The van der Waals surface area contributed by atoms with E-state index in [2.05, 4.69) is 17.1 Å². The van der Waals surface area contributed by atoms with Crippen molar-refractivity contribution in [1.82, 2.24) is 10.2 Å². The Morgan fingerprint density at radius 3 is 3.06 bits per heavy atom. The van der Waals surface area contributed by atoms with E-state index in [4.69, 9.17) is 5.11 Å². The van der Waals surface area contributed by atoms with Crippen molar-refractivity contribution >= 4 is 5.97 Å². The Labute approximate surface area is 100 Å². The first-order chi connectivity index (χ1) is 8.24. The summed E-state index contributed by atoms with van der Waals surface area (Å²) in [7, 11) is 0. The summed E-state index contributed by atoms with van der Waals surface area (Å²) in [6.45, 7) is 2.22. The van der Waals surface area contributed by atoms with E-state index in [0.29, 0.717) is 11.8 Å². The summed E-state index contributed by atoms with van der Waals surface area (Å²) >= 11 is 0. The van der Waals surface area contributed by atoms with Crippen molar-refractivity contribution < 1.29 is 9.90 Å². The zero-order valence-corrected chi connectivity index (χ0v) is 10.1. The van der Waals surface area contributed by atoms with Crippen LogP contribution in [0.15, 0.2) is 0 Å². The van der Waals surface area contributed by atoms with Crippen LogP contribution in [0.5, 0.6) is 0 Å². The third kappa shape index (κ3) is 1.58. The highest BCUT2D eigenvalue weighted by Gasteiger charge is 2.57. The van der Waals surface area contributed by atoms with Crippen LogP contribution < -0.4 is 0 Å². The van der Waals surface area contributed by atoms with Crippen LogP contribution in [0.3, 0.4) is 0 Å². The molecular formula is C13H18N2O2. The smallest absolute Gasteiger partial charge is 0.356 e. The predicted octanol–water partition coefficient (Wildman–Crippen LogP) is 2.57. The van der Waals surface area contributed by atoms with Gasteiger partial charge in [0.05, 0.1) is 0 Å². The molecule has 2 aliphatic carbocycles. The van der Waals surface area contributed by atoms with Gasteiger partial charge in [-0.2, -0.15) is 5.10 Å². The Balaban J connectivity index is 1.68. The van der Waals surface area contributed by atoms with Crippen molar-refractivity contribution in [2.75, 3.05) is 0 Å². The summed E-state index contributed by atoms with van der Waals surface area (Å²) in [6, 6.07) is 0. The molecule has 0 spiro atoms. The van der Waals surface area contributed by atoms with Crippen molar-refractivity contribution in [3.63, 3.8) is 0 Å². The van der Waals surface area contributed by atoms with Crippen LogP contribution in [0, 0.1) is 11.8 Å². The van der Waals surface area contributed by atoms with Gasteiger partial charge < -0.3 is 5.11 Å². The molecule has 17 heavy (non-hydrogen) atoms. The van der Waals surface area contributed by atoms with E-state index >= 15 is 0 Å². The molecule has 0 bridgehead atoms. The lowest BCUT2D eigenvalue weighted by molar-refractivity contribution is 0.0689. The Bertz CT molecular complexity index is 452. The second-order valence-electron chi connectivity index (χ2n) is 5.32. The number of fused-ring (bicyclic) bond motifs is 3. The molecule has 0 amide bonds. The molecular weight excluding hydrogens is 216 g/mol. The monoisotopic (exact) mass is 234 g/mol. The number of aromatic amines is 1. The van der Waals surface area contributed by atoms with E-state index in [1.54, 1.807) is 0 Å². The van der Waals surface area contributed by atoms with Crippen molar-refractivity contribution in [2.24, 2.45) is 11.8 Å². The minimum Gasteiger partial charge on any atom is -0.476 e. The first kappa shape index (κ1) is 10.8. The van der Waals surface area contributed by atoms with E-state index in [1.165, 1.54) is 25.7 Å². The molecule has 0 unspecified atom stereocenters. The van der Waals surface area contributed by atoms with Crippen LogP contribution in [-0.4, -0.2) is 21.3 Å². The van der Waals surface area contributed by atoms with Crippen LogP contribution in [0.1, 0.15) is 60.3 Å². The number of nitrogens with zero attached hydrogens (tertiary/aromatic N) is 1. The first-order valence-electron chi connectivity index (χ1n) is 6.54. The number of rotatable bonds is 5. The molecule has 1 fully saturated rings. The number of hydrogen-bond donors (Lipinski definition) is 2. The highest BCUT2D eigenvalue weighted by atomic mass is 16.4. The van der Waals surface area contributed by atoms with Gasteiger partial charge in [0.15, 0.2) is 5.69 Å². The Kier molecular flexibility index (Phi) is 2.45. The van der Waals surface area contributed by atoms with Crippen molar-refractivity contribution in [3.8, 4) is 0 Å². The molecule has 3 atom stereocenters. The van der Waals surface area contributed by atoms with Gasteiger partial charge in [0, 0.05) is 17.2 Å². The molecule has 0 radical (unpaired) electrons. The standard InChI is InChI=1S/C13H18N2O2/c1-2-3-4-5-7-8-6-9-11(10(7)8)14-15-12(9)13(16)17/h7-8,10H,2-6H2,1H3,(H,14,15)(H,16,17)/t7-,8-,10+/m0/s1. The Morgan fingerprint density at radius 1 is 1.53 bits per heavy atom. The molecule has 3 rings (SSSR count). The zero-order chi connectivity index (χ0) is 12.0. The second kappa shape index (κ2) is 3.86. The number of H-pyrrole nitrogens is 1. The minimum absolute atomic E-state index is 0.250. The van der Waals surface area contributed by atoms with E-state index in [0.717, 1.165) is 23.6 Å². The maximum absolute atomic E-state index is 11.0. The van der Waals surface area contributed by atoms with Crippen LogP contribution in [0.2, 0.25) is 0 Å². The fraction of sp³-hybridized carbons (Fsp3) is 0.692. The molecule has 92 valence electrons. The van der Waals surface area contributed by atoms with Gasteiger partial charge in [0.25, 0.3) is 0 Å². The molecule has 0 saturated heterocycles. The normalized spacial score (nSPS) is 28.9. The average Bonchev–Trinajstić information content (AvgIpc) is 2.68. The molecule has 0 aliphatic heterocycles. The zero-order valence-electron chi connectivity index (χ0n) is 10.1. The van der Waals surface area contributed by atoms with Gasteiger partial charge in [-0.25, -0.2) is 4.79 Å². The van der Waals surface area contributed by atoms with E-state index in [9.17, 15) is 4.79 Å². The Hall–Kier alpha value is -1.32. The van der Waals surface area contributed by atoms with Gasteiger partial charge in [-0.15, -0.1) is 0 Å². The number of aromatic carboxylic acids is 1. The van der Waals surface area contributed by atoms with Gasteiger partial charge in [-0.3, -0.25) is 5.10 Å². The lowest BCUT2D eigenvalue weighted by Gasteiger charge is -2.03. The van der Waals surface area contributed by atoms with Gasteiger partial charge in [0.1, 0.15) is 0 Å². The number of nitrogens with one attached hydrogen (secondary N) is 1. The molecule has 0 aromatic carbocycles. The van der Waals surface area contributed by atoms with Crippen LogP contribution in [0.25, 0.3) is 0 Å². The average molecular weight is 234 g/mol. The fourth-order valence-corrected chi connectivity index (χ4v) is 3.45. The summed E-state index contributed by atoms with van der Waals surface area (Å²) in [4.78, 5) is 11.0. The van der Waals surface area contributed by atoms with Gasteiger partial charge in [-0.05, 0) is 24.7 Å². The lowest BCUT2D eigenvalue weighted by Crippen LogP contribution is -2.02. The van der Waals surface area contributed by atoms with E-state index in [1.807, 2.05) is 0 Å². The summed E-state index contributed by atoms with van der Waals surface area (Å²) < 4.78 is 0. The van der Waals surface area contributed by atoms with Gasteiger partial charge in [-0.1, -0.05) is 26.2 Å². The number of hydrogen-bond acceptors (Lipinski definition) is 2. The predicted molar refractivity (Wildman–Crippen MR) is 63.1 cm³/mol. The number of carbonyl (C=O) groups is 1. The number of carboxylic acids is 1. The lowest BCUT2D eigenvalue weighted by atomic mass is 10.0. The molecule has 2 aliphatic rings. The number of aromatic nitrogens is 2. The minimum atomic E-state index is -0.897. The highest BCUT2D eigenvalue weighted by molar-refractivity contribution is 5.87. The number of carboxylic acid groups (broad SMARTS) is 1. The summed E-state index contributed by atoms with van der Waals surface area (Å²) in [5, 5.41) is 15.9. The first-order valence-corrected chi connectivity index (χ1v) is 6.54. The molecule has 2 N–H and O–H groups in total. The number of unbranched alkanes of at least 4 members (excludes halogenated alkanes) is 2. The fourth-order valence-electron chi connectivity index (χ4n) is 3.45. The molecule has 1 aromatic rings. The SMILES string of the molecule is CCCCC[C@H]1[C@@H]2Cc3c(C(=O)O)n[nH]c3[C@H]12. The van der Waals surface area contributed by atoms with E-state index in [-0.39, 0.29) is 5.69 Å². The van der Waals surface area contributed by atoms with Crippen molar-refractivity contribution in [1.29, 1.82) is 0 Å². The molecule has 4 heteroatoms. The third-order valence-electron chi connectivity index (χ3n) is 4.35.